The van der Waals surface area contributed by atoms with Crippen molar-refractivity contribution in [2.75, 3.05) is 31.2 Å². The summed E-state index contributed by atoms with van der Waals surface area (Å²) < 4.78 is 0. The minimum Gasteiger partial charge on any atom is -0.383 e. The van der Waals surface area contributed by atoms with Crippen molar-refractivity contribution >= 4 is 34.1 Å². The number of nitrogens with zero attached hydrogens (tertiary/aromatic N) is 5. The van der Waals surface area contributed by atoms with Gasteiger partial charge in [-0.25, -0.2) is 4.98 Å². The van der Waals surface area contributed by atoms with Gasteiger partial charge in [0.1, 0.15) is 5.82 Å². The van der Waals surface area contributed by atoms with Gasteiger partial charge < -0.3 is 16.0 Å². The zero-order valence-electron chi connectivity index (χ0n) is 13.4. The molecule has 3 aromatic heterocycles. The number of hydrogen-bond acceptors (Lipinski definition) is 8. The number of hydrogen-bond donors (Lipinski definition) is 2. The molecule has 1 saturated heterocycles. The first kappa shape index (κ1) is 15.2. The van der Waals surface area contributed by atoms with E-state index in [1.54, 1.807) is 16.8 Å². The molecule has 0 unspecified atom stereocenters. The molecule has 7 nitrogen and oxygen atoms in total. The Kier molecular flexibility index (Phi) is 3.99. The van der Waals surface area contributed by atoms with Crippen molar-refractivity contribution in [1.82, 2.24) is 24.8 Å². The minimum absolute atomic E-state index is 0.384. The molecule has 1 fully saturated rings. The van der Waals surface area contributed by atoms with Crippen LogP contribution in [0.2, 0.25) is 0 Å². The second-order valence-corrected chi connectivity index (χ2v) is 7.00. The van der Waals surface area contributed by atoms with E-state index < -0.39 is 0 Å². The molecule has 24 heavy (non-hydrogen) atoms. The molecular weight excluding hydrogens is 322 g/mol. The molecule has 0 spiro atoms. The van der Waals surface area contributed by atoms with Crippen LogP contribution in [0.5, 0.6) is 0 Å². The van der Waals surface area contributed by atoms with Gasteiger partial charge in [-0.2, -0.15) is 9.97 Å². The first-order valence-corrected chi connectivity index (χ1v) is 8.84. The first-order valence-electron chi connectivity index (χ1n) is 7.96. The lowest BCUT2D eigenvalue weighted by Crippen LogP contribution is -2.37. The van der Waals surface area contributed by atoms with Gasteiger partial charge in [-0.3, -0.25) is 4.98 Å². The van der Waals surface area contributed by atoms with Gasteiger partial charge in [0.15, 0.2) is 5.65 Å². The van der Waals surface area contributed by atoms with Gasteiger partial charge >= 0.3 is 0 Å². The zero-order valence-corrected chi connectivity index (χ0v) is 14.3. The van der Waals surface area contributed by atoms with Gasteiger partial charge in [0.25, 0.3) is 0 Å². The van der Waals surface area contributed by atoms with Crippen LogP contribution in [0.4, 0.5) is 11.8 Å². The summed E-state index contributed by atoms with van der Waals surface area (Å²) >= 11 is 1.57. The Morgan fingerprint density at radius 1 is 1.25 bits per heavy atom. The number of rotatable bonds is 3. The van der Waals surface area contributed by atoms with Crippen LogP contribution in [0.15, 0.2) is 24.0 Å². The Bertz CT molecular complexity index is 841. The van der Waals surface area contributed by atoms with E-state index >= 15 is 0 Å². The number of anilines is 2. The van der Waals surface area contributed by atoms with E-state index in [4.69, 9.17) is 5.73 Å². The number of likely N-dealkylation sites (tertiary alicyclic amines) is 1. The summed E-state index contributed by atoms with van der Waals surface area (Å²) in [4.78, 5) is 20.9. The summed E-state index contributed by atoms with van der Waals surface area (Å²) in [5, 5.41) is 4.17. The van der Waals surface area contributed by atoms with Crippen LogP contribution >= 0.6 is 11.3 Å². The Morgan fingerprint density at radius 3 is 2.83 bits per heavy atom. The van der Waals surface area contributed by atoms with Crippen molar-refractivity contribution in [2.45, 2.75) is 18.9 Å². The van der Waals surface area contributed by atoms with E-state index in [-0.39, 0.29) is 0 Å². The monoisotopic (exact) mass is 341 g/mol. The zero-order chi connectivity index (χ0) is 16.5. The Balaban J connectivity index is 1.61. The quantitative estimate of drug-likeness (QED) is 0.754. The summed E-state index contributed by atoms with van der Waals surface area (Å²) in [5.41, 5.74) is 9.55. The summed E-state index contributed by atoms with van der Waals surface area (Å²) in [6.07, 6.45) is 5.79. The number of thiazole rings is 1. The van der Waals surface area contributed by atoms with E-state index in [0.29, 0.717) is 23.5 Å². The number of fused-ring (bicyclic) bond motifs is 1. The van der Waals surface area contributed by atoms with Gasteiger partial charge in [0, 0.05) is 24.0 Å². The van der Waals surface area contributed by atoms with Gasteiger partial charge in [0.2, 0.25) is 5.95 Å². The van der Waals surface area contributed by atoms with Crippen molar-refractivity contribution < 1.29 is 0 Å². The smallest absolute Gasteiger partial charge is 0.226 e. The van der Waals surface area contributed by atoms with Crippen LogP contribution in [0.3, 0.4) is 0 Å². The molecule has 1 aliphatic heterocycles. The second kappa shape index (κ2) is 6.29. The highest BCUT2D eigenvalue weighted by Crippen LogP contribution is 2.27. The largest absolute Gasteiger partial charge is 0.383 e. The SMILES string of the molecule is CN1CCC(Nc2nc(N)c3cc(-c4cncs4)cnc3n2)CC1. The van der Waals surface area contributed by atoms with E-state index in [9.17, 15) is 0 Å². The van der Waals surface area contributed by atoms with Crippen LogP contribution < -0.4 is 11.1 Å². The first-order chi connectivity index (χ1) is 11.7. The molecule has 0 saturated carbocycles. The maximum Gasteiger partial charge on any atom is 0.226 e. The average Bonchev–Trinajstić information content (AvgIpc) is 3.11. The predicted octanol–water partition coefficient (Wildman–Crippen LogP) is 2.24. The van der Waals surface area contributed by atoms with E-state index in [1.807, 2.05) is 18.5 Å². The van der Waals surface area contributed by atoms with Crippen molar-refractivity contribution in [3.8, 4) is 10.4 Å². The molecule has 3 aromatic rings. The minimum atomic E-state index is 0.384. The molecule has 0 aromatic carbocycles. The summed E-state index contributed by atoms with van der Waals surface area (Å²) in [5.74, 6) is 1.02. The lowest BCUT2D eigenvalue weighted by atomic mass is 10.1. The number of nitrogens with one attached hydrogen (secondary N) is 1. The standard InChI is InChI=1S/C16H19N7S/c1-23-4-2-11(3-5-23)20-16-21-14(17)12-6-10(7-19-15(12)22-16)13-8-18-9-24-13/h6-9,11H,2-5H2,1H3,(H3,17,19,20,21,22). The number of piperidine rings is 1. The average molecular weight is 341 g/mol. The lowest BCUT2D eigenvalue weighted by molar-refractivity contribution is 0.263. The maximum atomic E-state index is 6.15. The van der Waals surface area contributed by atoms with Crippen molar-refractivity contribution in [3.05, 3.63) is 24.0 Å². The second-order valence-electron chi connectivity index (χ2n) is 6.12. The molecule has 4 rings (SSSR count). The van der Waals surface area contributed by atoms with Gasteiger partial charge in [-0.15, -0.1) is 11.3 Å². The number of pyridine rings is 1. The summed E-state index contributed by atoms with van der Waals surface area (Å²) in [7, 11) is 2.14. The van der Waals surface area contributed by atoms with Crippen molar-refractivity contribution in [1.29, 1.82) is 0 Å². The molecule has 4 heterocycles. The van der Waals surface area contributed by atoms with Crippen LogP contribution in [-0.2, 0) is 0 Å². The maximum absolute atomic E-state index is 6.15. The third kappa shape index (κ3) is 3.02. The third-order valence-electron chi connectivity index (χ3n) is 4.35. The summed E-state index contributed by atoms with van der Waals surface area (Å²) in [6, 6.07) is 2.36. The fourth-order valence-corrected chi connectivity index (χ4v) is 3.53. The molecule has 8 heteroatoms. The number of aromatic nitrogens is 4. The fourth-order valence-electron chi connectivity index (χ4n) is 2.93. The molecular formula is C16H19N7S. The van der Waals surface area contributed by atoms with Crippen molar-refractivity contribution in [2.24, 2.45) is 0 Å². The molecule has 3 N–H and O–H groups in total. The van der Waals surface area contributed by atoms with E-state index in [1.165, 1.54) is 0 Å². The lowest BCUT2D eigenvalue weighted by Gasteiger charge is -2.29. The van der Waals surface area contributed by atoms with Crippen molar-refractivity contribution in [3.63, 3.8) is 0 Å². The van der Waals surface area contributed by atoms with E-state index in [2.05, 4.69) is 37.2 Å². The van der Waals surface area contributed by atoms with Crippen LogP contribution in [0.1, 0.15) is 12.8 Å². The molecule has 0 radical (unpaired) electrons. The fraction of sp³-hybridized carbons (Fsp3) is 0.375. The highest BCUT2D eigenvalue weighted by atomic mass is 32.1. The van der Waals surface area contributed by atoms with Crippen LogP contribution in [0.25, 0.3) is 21.5 Å². The highest BCUT2D eigenvalue weighted by molar-refractivity contribution is 7.13. The number of nitrogen functional groups attached to an aromatic ring is 1. The Morgan fingerprint density at radius 2 is 2.08 bits per heavy atom. The van der Waals surface area contributed by atoms with Gasteiger partial charge in [-0.05, 0) is 39.0 Å². The third-order valence-corrected chi connectivity index (χ3v) is 5.17. The Hall–Kier alpha value is -2.32. The Labute approximate surface area is 144 Å². The molecule has 0 atom stereocenters. The van der Waals surface area contributed by atoms with Gasteiger partial charge in [0.05, 0.1) is 15.8 Å². The molecule has 0 bridgehead atoms. The van der Waals surface area contributed by atoms with Gasteiger partial charge in [-0.1, -0.05) is 0 Å². The molecule has 0 amide bonds. The topological polar surface area (TPSA) is 92.8 Å². The molecule has 124 valence electrons. The normalized spacial score (nSPS) is 16.5. The summed E-state index contributed by atoms with van der Waals surface area (Å²) in [6.45, 7) is 2.16. The molecule has 0 aliphatic carbocycles. The van der Waals surface area contributed by atoms with Crippen LogP contribution in [0, 0.1) is 0 Å². The highest BCUT2D eigenvalue weighted by Gasteiger charge is 2.18. The van der Waals surface area contributed by atoms with E-state index in [0.717, 1.165) is 41.8 Å². The molecule has 1 aliphatic rings. The van der Waals surface area contributed by atoms with Crippen LogP contribution in [-0.4, -0.2) is 51.0 Å². The number of nitrogens with two attached hydrogens (primary N) is 1. The predicted molar refractivity (Wildman–Crippen MR) is 97.0 cm³/mol.